The van der Waals surface area contributed by atoms with Crippen LogP contribution in [0, 0.1) is 29.6 Å². The molecule has 0 spiro atoms. The topological polar surface area (TPSA) is 52.6 Å². The van der Waals surface area contributed by atoms with E-state index in [-0.39, 0.29) is 18.0 Å². The average molecular weight is 433 g/mol. The lowest BCUT2D eigenvalue weighted by atomic mass is 9.67. The highest BCUT2D eigenvalue weighted by Crippen LogP contribution is 2.43. The summed E-state index contributed by atoms with van der Waals surface area (Å²) in [6, 6.07) is 0. The first-order valence-corrected chi connectivity index (χ1v) is 12.6. The van der Waals surface area contributed by atoms with Crippen LogP contribution < -0.4 is 0 Å². The second kappa shape index (κ2) is 13.8. The quantitative estimate of drug-likeness (QED) is 0.256. The Hall–Kier alpha value is -1.58. The predicted octanol–water partition coefficient (Wildman–Crippen LogP) is 6.64. The highest BCUT2D eigenvalue weighted by Gasteiger charge is 2.32. The lowest BCUT2D eigenvalue weighted by Crippen LogP contribution is -2.28. The summed E-state index contributed by atoms with van der Waals surface area (Å²) in [4.78, 5) is 22.8. The lowest BCUT2D eigenvalue weighted by molar-refractivity contribution is -0.144. The summed E-state index contributed by atoms with van der Waals surface area (Å²) in [5.41, 5.74) is 0. The van der Waals surface area contributed by atoms with Gasteiger partial charge in [0.15, 0.2) is 0 Å². The van der Waals surface area contributed by atoms with Gasteiger partial charge in [0.1, 0.15) is 6.10 Å². The van der Waals surface area contributed by atoms with Gasteiger partial charge in [-0.05, 0) is 74.5 Å². The molecule has 0 aliphatic heterocycles. The van der Waals surface area contributed by atoms with Crippen LogP contribution in [0.5, 0.6) is 0 Å². The fourth-order valence-electron chi connectivity index (χ4n) is 5.76. The molecule has 0 radical (unpaired) electrons. The Morgan fingerprint density at radius 2 is 1.32 bits per heavy atom. The van der Waals surface area contributed by atoms with Crippen LogP contribution in [0.15, 0.2) is 25.3 Å². The zero-order valence-electron chi connectivity index (χ0n) is 19.9. The van der Waals surface area contributed by atoms with Crippen molar-refractivity contribution in [2.45, 2.75) is 97.0 Å². The highest BCUT2D eigenvalue weighted by molar-refractivity contribution is 5.81. The van der Waals surface area contributed by atoms with Crippen LogP contribution in [0.4, 0.5) is 0 Å². The Morgan fingerprint density at radius 3 is 1.77 bits per heavy atom. The van der Waals surface area contributed by atoms with E-state index in [0.29, 0.717) is 18.4 Å². The van der Waals surface area contributed by atoms with Crippen LogP contribution in [0.1, 0.15) is 90.9 Å². The Labute approximate surface area is 189 Å². The van der Waals surface area contributed by atoms with Crippen molar-refractivity contribution in [3.05, 3.63) is 25.3 Å². The van der Waals surface area contributed by atoms with Crippen LogP contribution in [0.2, 0.25) is 0 Å². The molecule has 2 aliphatic rings. The molecule has 0 amide bonds. The maximum Gasteiger partial charge on any atom is 0.330 e. The molecule has 2 rings (SSSR count). The van der Waals surface area contributed by atoms with E-state index in [0.717, 1.165) is 37.0 Å². The van der Waals surface area contributed by atoms with Crippen molar-refractivity contribution in [3.8, 4) is 0 Å². The summed E-state index contributed by atoms with van der Waals surface area (Å²) in [6.07, 6.45) is 17.3. The molecule has 176 valence electrons. The third-order valence-electron chi connectivity index (χ3n) is 7.82. The van der Waals surface area contributed by atoms with E-state index in [2.05, 4.69) is 27.0 Å². The first-order valence-electron chi connectivity index (χ1n) is 12.6. The molecule has 2 saturated carbocycles. The third-order valence-corrected chi connectivity index (χ3v) is 7.82. The second-order valence-corrected chi connectivity index (χ2v) is 9.81. The Kier molecular flexibility index (Phi) is 11.4. The van der Waals surface area contributed by atoms with E-state index in [1.165, 1.54) is 69.9 Å². The molecule has 0 aromatic heterocycles. The summed E-state index contributed by atoms with van der Waals surface area (Å²) < 4.78 is 10.8. The Balaban J connectivity index is 1.68. The molecule has 0 heterocycles. The van der Waals surface area contributed by atoms with E-state index in [1.807, 2.05) is 0 Å². The summed E-state index contributed by atoms with van der Waals surface area (Å²) in [7, 11) is 0. The Morgan fingerprint density at radius 1 is 0.806 bits per heavy atom. The van der Waals surface area contributed by atoms with Gasteiger partial charge in [-0.1, -0.05) is 59.1 Å². The van der Waals surface area contributed by atoms with Crippen molar-refractivity contribution in [3.63, 3.8) is 0 Å². The number of carbonyl (C=O) groups is 2. The second-order valence-electron chi connectivity index (χ2n) is 9.81. The van der Waals surface area contributed by atoms with Gasteiger partial charge in [0.2, 0.25) is 0 Å². The summed E-state index contributed by atoms with van der Waals surface area (Å²) in [6.45, 7) is 11.8. The van der Waals surface area contributed by atoms with Gasteiger partial charge in [-0.3, -0.25) is 0 Å². The fraction of sp³-hybridized carbons (Fsp3) is 0.778. The number of esters is 2. The van der Waals surface area contributed by atoms with Crippen molar-refractivity contribution in [1.29, 1.82) is 0 Å². The molecule has 0 saturated heterocycles. The van der Waals surface area contributed by atoms with Crippen LogP contribution >= 0.6 is 0 Å². The van der Waals surface area contributed by atoms with Crippen molar-refractivity contribution >= 4 is 11.9 Å². The first-order chi connectivity index (χ1) is 15.0. The maximum absolute atomic E-state index is 11.5. The molecule has 0 bridgehead atoms. The van der Waals surface area contributed by atoms with Gasteiger partial charge in [0.25, 0.3) is 0 Å². The van der Waals surface area contributed by atoms with Gasteiger partial charge >= 0.3 is 11.9 Å². The molecule has 0 N–H and O–H groups in total. The van der Waals surface area contributed by atoms with Gasteiger partial charge in [0, 0.05) is 12.2 Å². The van der Waals surface area contributed by atoms with E-state index < -0.39 is 0 Å². The highest BCUT2D eigenvalue weighted by atomic mass is 16.5. The molecule has 31 heavy (non-hydrogen) atoms. The zero-order valence-corrected chi connectivity index (χ0v) is 19.9. The van der Waals surface area contributed by atoms with E-state index in [9.17, 15) is 9.59 Å². The summed E-state index contributed by atoms with van der Waals surface area (Å²) >= 11 is 0. The minimum atomic E-state index is -0.304. The molecule has 2 aliphatic carbocycles. The normalized spacial score (nSPS) is 28.2. The smallest absolute Gasteiger partial charge is 0.330 e. The van der Waals surface area contributed by atoms with Gasteiger partial charge in [-0.2, -0.15) is 0 Å². The molecule has 2 unspecified atom stereocenters. The molecule has 2 fully saturated rings. The molecule has 0 aromatic rings. The number of hydrogen-bond donors (Lipinski definition) is 0. The van der Waals surface area contributed by atoms with Gasteiger partial charge in [-0.15, -0.1) is 0 Å². The number of carbonyl (C=O) groups excluding carboxylic acids is 2. The number of ether oxygens (including phenoxy) is 2. The molecular formula is C27H44O4. The minimum Gasteiger partial charge on any atom is -0.462 e. The SMILES string of the molecule is C=CC(=O)OCC(CC)CC1CCC(C2CCC(CC(CC)OC(=O)C=C)CC2)CC1. The molecule has 4 nitrogen and oxygen atoms in total. The van der Waals surface area contributed by atoms with Crippen molar-refractivity contribution in [2.75, 3.05) is 6.61 Å². The van der Waals surface area contributed by atoms with E-state index in [4.69, 9.17) is 9.47 Å². The average Bonchev–Trinajstić information content (AvgIpc) is 2.81. The summed E-state index contributed by atoms with van der Waals surface area (Å²) in [5, 5.41) is 0. The zero-order chi connectivity index (χ0) is 22.6. The molecule has 2 atom stereocenters. The number of rotatable bonds is 12. The van der Waals surface area contributed by atoms with Gasteiger partial charge in [-0.25, -0.2) is 9.59 Å². The van der Waals surface area contributed by atoms with Crippen LogP contribution in [-0.4, -0.2) is 24.6 Å². The van der Waals surface area contributed by atoms with Crippen molar-refractivity contribution in [2.24, 2.45) is 29.6 Å². The van der Waals surface area contributed by atoms with E-state index in [1.54, 1.807) is 0 Å². The summed E-state index contributed by atoms with van der Waals surface area (Å²) in [5.74, 6) is 3.12. The van der Waals surface area contributed by atoms with Gasteiger partial charge < -0.3 is 9.47 Å². The van der Waals surface area contributed by atoms with Crippen LogP contribution in [0.3, 0.4) is 0 Å². The molecule has 0 aromatic carbocycles. The van der Waals surface area contributed by atoms with Crippen molar-refractivity contribution < 1.29 is 19.1 Å². The Bertz CT molecular complexity index is 568. The lowest BCUT2D eigenvalue weighted by Gasteiger charge is -2.39. The van der Waals surface area contributed by atoms with E-state index >= 15 is 0 Å². The minimum absolute atomic E-state index is 0.0414. The molecule has 4 heteroatoms. The van der Waals surface area contributed by atoms with Crippen molar-refractivity contribution in [1.82, 2.24) is 0 Å². The first kappa shape index (κ1) is 25.7. The largest absolute Gasteiger partial charge is 0.462 e. The van der Waals surface area contributed by atoms with Crippen LogP contribution in [0.25, 0.3) is 0 Å². The maximum atomic E-state index is 11.5. The van der Waals surface area contributed by atoms with Gasteiger partial charge in [0.05, 0.1) is 6.61 Å². The van der Waals surface area contributed by atoms with Crippen LogP contribution in [-0.2, 0) is 19.1 Å². The predicted molar refractivity (Wildman–Crippen MR) is 125 cm³/mol. The number of hydrogen-bond acceptors (Lipinski definition) is 4. The standard InChI is InChI=1S/C27H44O4/c1-5-20(19-30-26(28)7-3)17-21-9-13-23(14-10-21)24-15-11-22(12-16-24)18-25(6-2)31-27(29)8-4/h7-8,20-25H,3-6,9-19H2,1-2H3. The third kappa shape index (κ3) is 8.82. The molecular weight excluding hydrogens is 388 g/mol. The fourth-order valence-corrected chi connectivity index (χ4v) is 5.76. The monoisotopic (exact) mass is 432 g/mol.